The van der Waals surface area contributed by atoms with Crippen LogP contribution in [0.25, 0.3) is 0 Å². The van der Waals surface area contributed by atoms with Crippen LogP contribution in [0.2, 0.25) is 0 Å². The van der Waals surface area contributed by atoms with E-state index in [9.17, 15) is 0 Å². The zero-order valence-electron chi connectivity index (χ0n) is 22.1. The Morgan fingerprint density at radius 2 is 0.567 bits per heavy atom. The fourth-order valence-electron chi connectivity index (χ4n) is 5.06. The van der Waals surface area contributed by atoms with Gasteiger partial charge in [-0.15, -0.1) is 0 Å². The van der Waals surface area contributed by atoms with Crippen molar-refractivity contribution in [3.63, 3.8) is 0 Å². The van der Waals surface area contributed by atoms with Gasteiger partial charge in [0.05, 0.1) is 0 Å². The first-order chi connectivity index (χ1) is 14.7. The molecule has 0 nitrogen and oxygen atoms in total. The van der Waals surface area contributed by atoms with Gasteiger partial charge in [-0.05, 0) is 18.3 Å². The Morgan fingerprint density at radius 3 is 0.833 bits per heavy atom. The van der Waals surface area contributed by atoms with Crippen molar-refractivity contribution in [1.29, 1.82) is 0 Å². The van der Waals surface area contributed by atoms with Crippen LogP contribution in [0.1, 0.15) is 182 Å². The number of hydrogen-bond acceptors (Lipinski definition) is 0. The van der Waals surface area contributed by atoms with Gasteiger partial charge in [-0.2, -0.15) is 0 Å². The van der Waals surface area contributed by atoms with Crippen LogP contribution in [-0.4, -0.2) is 0 Å². The van der Waals surface area contributed by atoms with E-state index < -0.39 is 0 Å². The lowest BCUT2D eigenvalue weighted by molar-refractivity contribution is 0.356. The molecular weight excluding hydrogens is 360 g/mol. The lowest BCUT2D eigenvalue weighted by Gasteiger charge is -2.17. The molecule has 0 aromatic carbocycles. The normalized spacial score (nSPS) is 13.6. The Labute approximate surface area is 193 Å². The quantitative estimate of drug-likeness (QED) is 0.128. The number of hydrogen-bond donors (Lipinski definition) is 0. The minimum Gasteiger partial charge on any atom is -0.0654 e. The van der Waals surface area contributed by atoms with Gasteiger partial charge in [0, 0.05) is 0 Å². The number of unbranched alkanes of at least 4 members (excludes halogenated alkanes) is 19. The fourth-order valence-corrected chi connectivity index (χ4v) is 5.06. The molecule has 0 radical (unpaired) electrons. The summed E-state index contributed by atoms with van der Waals surface area (Å²) < 4.78 is 0. The maximum atomic E-state index is 2.51. The van der Waals surface area contributed by atoms with Crippen LogP contribution in [0.4, 0.5) is 0 Å². The lowest BCUT2D eigenvalue weighted by atomic mass is 9.89. The molecular formula is C30H62. The van der Waals surface area contributed by atoms with Gasteiger partial charge in [0.25, 0.3) is 0 Å². The van der Waals surface area contributed by atoms with E-state index >= 15 is 0 Å². The fraction of sp³-hybridized carbons (Fsp3) is 1.00. The SMILES string of the molecule is CCCCCCCCCCCCCC[C@H](C)C[C@H](C)CCCCCCCCCCC. The maximum Gasteiger partial charge on any atom is -0.0440 e. The molecule has 0 spiro atoms. The van der Waals surface area contributed by atoms with Gasteiger partial charge in [0.2, 0.25) is 0 Å². The molecule has 0 saturated heterocycles. The molecule has 0 rings (SSSR count). The van der Waals surface area contributed by atoms with E-state index in [0.717, 1.165) is 11.8 Å². The molecule has 0 aliphatic rings. The van der Waals surface area contributed by atoms with Crippen molar-refractivity contribution < 1.29 is 0 Å². The summed E-state index contributed by atoms with van der Waals surface area (Å²) in [5, 5.41) is 0. The molecule has 0 saturated carbocycles. The van der Waals surface area contributed by atoms with Gasteiger partial charge >= 0.3 is 0 Å². The second-order valence-corrected chi connectivity index (χ2v) is 10.7. The highest BCUT2D eigenvalue weighted by Gasteiger charge is 2.08. The third kappa shape index (κ3) is 24.3. The molecule has 0 heterocycles. The summed E-state index contributed by atoms with van der Waals surface area (Å²) in [7, 11) is 0. The highest BCUT2D eigenvalue weighted by atomic mass is 14.1. The summed E-state index contributed by atoms with van der Waals surface area (Å²) in [6.45, 7) is 9.62. The van der Waals surface area contributed by atoms with Crippen LogP contribution in [0, 0.1) is 11.8 Å². The molecule has 30 heavy (non-hydrogen) atoms. The van der Waals surface area contributed by atoms with Gasteiger partial charge in [0.15, 0.2) is 0 Å². The predicted molar refractivity (Wildman–Crippen MR) is 140 cm³/mol. The van der Waals surface area contributed by atoms with Crippen molar-refractivity contribution in [2.24, 2.45) is 11.8 Å². The summed E-state index contributed by atoms with van der Waals surface area (Å²) in [4.78, 5) is 0. The van der Waals surface area contributed by atoms with Gasteiger partial charge in [0.1, 0.15) is 0 Å². The Hall–Kier alpha value is 0. The van der Waals surface area contributed by atoms with E-state index in [1.807, 2.05) is 0 Å². The standard InChI is InChI=1S/C30H62/c1-5-7-9-11-13-15-16-17-19-21-23-25-27-30(4)28-29(3)26-24-22-20-18-14-12-10-8-6-2/h29-30H,5-28H2,1-4H3/t29-,30+/m1/s1. The Bertz CT molecular complexity index is 294. The van der Waals surface area contributed by atoms with Crippen LogP contribution in [0.15, 0.2) is 0 Å². The van der Waals surface area contributed by atoms with Crippen LogP contribution in [0.5, 0.6) is 0 Å². The molecule has 0 N–H and O–H groups in total. The molecule has 0 aromatic heterocycles. The topological polar surface area (TPSA) is 0 Å². The highest BCUT2D eigenvalue weighted by Crippen LogP contribution is 2.23. The molecule has 0 bridgehead atoms. The average Bonchev–Trinajstić information content (AvgIpc) is 2.73. The first-order valence-electron chi connectivity index (χ1n) is 14.7. The van der Waals surface area contributed by atoms with E-state index in [2.05, 4.69) is 27.7 Å². The monoisotopic (exact) mass is 422 g/mol. The van der Waals surface area contributed by atoms with Crippen LogP contribution < -0.4 is 0 Å². The Balaban J connectivity index is 3.28. The van der Waals surface area contributed by atoms with E-state index in [-0.39, 0.29) is 0 Å². The van der Waals surface area contributed by atoms with Crippen molar-refractivity contribution in [1.82, 2.24) is 0 Å². The molecule has 0 aromatic rings. The van der Waals surface area contributed by atoms with Crippen molar-refractivity contribution in [3.05, 3.63) is 0 Å². The molecule has 0 aliphatic carbocycles. The van der Waals surface area contributed by atoms with E-state index in [1.54, 1.807) is 0 Å². The summed E-state index contributed by atoms with van der Waals surface area (Å²) >= 11 is 0. The lowest BCUT2D eigenvalue weighted by Crippen LogP contribution is -2.03. The smallest absolute Gasteiger partial charge is 0.0440 e. The molecule has 0 aliphatic heterocycles. The molecule has 0 amide bonds. The van der Waals surface area contributed by atoms with Gasteiger partial charge < -0.3 is 0 Å². The second-order valence-electron chi connectivity index (χ2n) is 10.7. The van der Waals surface area contributed by atoms with E-state index in [1.165, 1.54) is 154 Å². The first kappa shape index (κ1) is 30.0. The molecule has 182 valence electrons. The zero-order chi connectivity index (χ0) is 22.1. The van der Waals surface area contributed by atoms with Crippen LogP contribution in [0.3, 0.4) is 0 Å². The maximum absolute atomic E-state index is 2.51. The highest BCUT2D eigenvalue weighted by molar-refractivity contribution is 4.61. The third-order valence-electron chi connectivity index (χ3n) is 7.16. The zero-order valence-corrected chi connectivity index (χ0v) is 22.1. The van der Waals surface area contributed by atoms with Crippen molar-refractivity contribution in [2.45, 2.75) is 182 Å². The average molecular weight is 423 g/mol. The minimum atomic E-state index is 0.946. The van der Waals surface area contributed by atoms with Crippen LogP contribution >= 0.6 is 0 Å². The third-order valence-corrected chi connectivity index (χ3v) is 7.16. The summed E-state index contributed by atoms with van der Waals surface area (Å²) in [5.74, 6) is 1.89. The van der Waals surface area contributed by atoms with E-state index in [4.69, 9.17) is 0 Å². The molecule has 2 atom stereocenters. The summed E-state index contributed by atoms with van der Waals surface area (Å²) in [6, 6.07) is 0. The van der Waals surface area contributed by atoms with Crippen molar-refractivity contribution in [2.75, 3.05) is 0 Å². The molecule has 0 fully saturated rings. The minimum absolute atomic E-state index is 0.946. The van der Waals surface area contributed by atoms with Crippen molar-refractivity contribution in [3.8, 4) is 0 Å². The van der Waals surface area contributed by atoms with Crippen LogP contribution in [-0.2, 0) is 0 Å². The number of rotatable bonds is 25. The summed E-state index contributed by atoms with van der Waals surface area (Å²) in [6.07, 6.45) is 35.2. The predicted octanol–water partition coefficient (Wildman–Crippen LogP) is 11.7. The largest absolute Gasteiger partial charge is 0.0654 e. The van der Waals surface area contributed by atoms with Gasteiger partial charge in [-0.25, -0.2) is 0 Å². The molecule has 0 heteroatoms. The molecule has 0 unspecified atom stereocenters. The van der Waals surface area contributed by atoms with Crippen molar-refractivity contribution >= 4 is 0 Å². The second kappa shape index (κ2) is 25.3. The summed E-state index contributed by atoms with van der Waals surface area (Å²) in [5.41, 5.74) is 0. The Morgan fingerprint density at radius 1 is 0.333 bits per heavy atom. The van der Waals surface area contributed by atoms with E-state index in [0.29, 0.717) is 0 Å². The van der Waals surface area contributed by atoms with Gasteiger partial charge in [-0.3, -0.25) is 0 Å². The Kier molecular flexibility index (Phi) is 25.3. The van der Waals surface area contributed by atoms with Gasteiger partial charge in [-0.1, -0.05) is 175 Å². The first-order valence-corrected chi connectivity index (χ1v) is 14.7.